The zero-order chi connectivity index (χ0) is 15.0. The topological polar surface area (TPSA) is 66.0 Å². The van der Waals surface area contributed by atoms with Crippen molar-refractivity contribution >= 4 is 16.6 Å². The average molecular weight is 282 g/mol. The molecule has 0 amide bonds. The van der Waals surface area contributed by atoms with Crippen molar-refractivity contribution in [2.75, 3.05) is 5.73 Å². The Balaban J connectivity index is 2.02. The van der Waals surface area contributed by atoms with Gasteiger partial charge in [-0.3, -0.25) is 4.98 Å². The minimum atomic E-state index is 0.171. The lowest BCUT2D eigenvalue weighted by molar-refractivity contribution is 0.389. The van der Waals surface area contributed by atoms with Crippen molar-refractivity contribution in [3.8, 4) is 11.6 Å². The molecule has 2 heterocycles. The fourth-order valence-corrected chi connectivity index (χ4v) is 2.21. The first-order chi connectivity index (χ1) is 10.1. The second kappa shape index (κ2) is 5.09. The van der Waals surface area contributed by atoms with E-state index in [0.29, 0.717) is 17.3 Å². The van der Waals surface area contributed by atoms with E-state index >= 15 is 0 Å². The van der Waals surface area contributed by atoms with E-state index in [0.717, 1.165) is 16.6 Å². The van der Waals surface area contributed by atoms with Gasteiger partial charge in [-0.2, -0.15) is 5.10 Å². The third-order valence-electron chi connectivity index (χ3n) is 3.36. The SMILES string of the molecule is Cc1nn(C(C)C)c(Oc2cnc3ccccc3c2)c1N. The van der Waals surface area contributed by atoms with Crippen molar-refractivity contribution in [2.24, 2.45) is 0 Å². The number of anilines is 1. The van der Waals surface area contributed by atoms with E-state index in [1.165, 1.54) is 0 Å². The number of aryl methyl sites for hydroxylation is 1. The first-order valence-corrected chi connectivity index (χ1v) is 6.93. The van der Waals surface area contributed by atoms with Gasteiger partial charge in [-0.25, -0.2) is 4.68 Å². The third-order valence-corrected chi connectivity index (χ3v) is 3.36. The maximum Gasteiger partial charge on any atom is 0.241 e. The summed E-state index contributed by atoms with van der Waals surface area (Å²) in [4.78, 5) is 4.39. The number of fused-ring (bicyclic) bond motifs is 1. The summed E-state index contributed by atoms with van der Waals surface area (Å²) in [7, 11) is 0. The standard InChI is InChI=1S/C16H18N4O/c1-10(2)20-16(15(17)11(3)19-20)21-13-8-12-6-4-5-7-14(12)18-9-13/h4-10H,17H2,1-3H3. The van der Waals surface area contributed by atoms with Gasteiger partial charge in [0.25, 0.3) is 0 Å². The smallest absolute Gasteiger partial charge is 0.241 e. The van der Waals surface area contributed by atoms with Crippen LogP contribution in [-0.2, 0) is 0 Å². The van der Waals surface area contributed by atoms with E-state index in [4.69, 9.17) is 10.5 Å². The lowest BCUT2D eigenvalue weighted by atomic mass is 10.2. The van der Waals surface area contributed by atoms with Gasteiger partial charge < -0.3 is 10.5 Å². The molecule has 1 aromatic carbocycles. The van der Waals surface area contributed by atoms with Crippen LogP contribution < -0.4 is 10.5 Å². The lowest BCUT2D eigenvalue weighted by Crippen LogP contribution is -2.05. The first-order valence-electron chi connectivity index (χ1n) is 6.93. The molecule has 2 N–H and O–H groups in total. The van der Waals surface area contributed by atoms with Crippen LogP contribution >= 0.6 is 0 Å². The maximum absolute atomic E-state index is 6.07. The van der Waals surface area contributed by atoms with Gasteiger partial charge in [0.15, 0.2) is 0 Å². The number of pyridine rings is 1. The lowest BCUT2D eigenvalue weighted by Gasteiger charge is -2.12. The van der Waals surface area contributed by atoms with Crippen LogP contribution in [0.1, 0.15) is 25.6 Å². The van der Waals surface area contributed by atoms with Crippen molar-refractivity contribution in [1.29, 1.82) is 0 Å². The summed E-state index contributed by atoms with van der Waals surface area (Å²) in [5.41, 5.74) is 8.35. The predicted octanol–water partition coefficient (Wildman–Crippen LogP) is 3.70. The summed E-state index contributed by atoms with van der Waals surface area (Å²) in [5.74, 6) is 1.22. The minimum absolute atomic E-state index is 0.171. The van der Waals surface area contributed by atoms with Crippen LogP contribution in [0.25, 0.3) is 10.9 Å². The average Bonchev–Trinajstić information content (AvgIpc) is 2.76. The normalized spacial score (nSPS) is 11.2. The van der Waals surface area contributed by atoms with Gasteiger partial charge in [0.2, 0.25) is 5.88 Å². The molecule has 3 rings (SSSR count). The van der Waals surface area contributed by atoms with Crippen LogP contribution in [0.3, 0.4) is 0 Å². The molecule has 108 valence electrons. The Bertz CT molecular complexity index is 792. The number of benzene rings is 1. The van der Waals surface area contributed by atoms with Crippen LogP contribution in [0.2, 0.25) is 0 Å². The van der Waals surface area contributed by atoms with E-state index in [2.05, 4.69) is 10.1 Å². The van der Waals surface area contributed by atoms with Crippen molar-refractivity contribution in [3.63, 3.8) is 0 Å². The van der Waals surface area contributed by atoms with Gasteiger partial charge in [0.1, 0.15) is 11.4 Å². The molecule has 0 saturated heterocycles. The number of nitrogens with zero attached hydrogens (tertiary/aromatic N) is 3. The van der Waals surface area contributed by atoms with Gasteiger partial charge in [0, 0.05) is 5.39 Å². The molecule has 0 bridgehead atoms. The number of nitrogen functional groups attached to an aromatic ring is 1. The Morgan fingerprint density at radius 1 is 1.24 bits per heavy atom. The molecule has 0 unspecified atom stereocenters. The molecule has 0 atom stereocenters. The highest BCUT2D eigenvalue weighted by molar-refractivity contribution is 5.79. The van der Waals surface area contributed by atoms with E-state index in [9.17, 15) is 0 Å². The summed E-state index contributed by atoms with van der Waals surface area (Å²) in [6.07, 6.45) is 1.70. The van der Waals surface area contributed by atoms with Gasteiger partial charge in [-0.05, 0) is 32.9 Å². The highest BCUT2D eigenvalue weighted by Gasteiger charge is 2.17. The zero-order valence-electron chi connectivity index (χ0n) is 12.4. The first kappa shape index (κ1) is 13.4. The highest BCUT2D eigenvalue weighted by atomic mass is 16.5. The predicted molar refractivity (Wildman–Crippen MR) is 83.6 cm³/mol. The fourth-order valence-electron chi connectivity index (χ4n) is 2.21. The summed E-state index contributed by atoms with van der Waals surface area (Å²) in [5, 5.41) is 5.44. The number of aromatic nitrogens is 3. The molecule has 0 aliphatic heterocycles. The second-order valence-electron chi connectivity index (χ2n) is 5.31. The molecule has 0 aliphatic rings. The minimum Gasteiger partial charge on any atom is -0.436 e. The number of ether oxygens (including phenoxy) is 1. The molecule has 2 aromatic heterocycles. The molecule has 0 radical (unpaired) electrons. The molecule has 21 heavy (non-hydrogen) atoms. The monoisotopic (exact) mass is 282 g/mol. The molecular weight excluding hydrogens is 264 g/mol. The molecule has 3 aromatic rings. The van der Waals surface area contributed by atoms with E-state index < -0.39 is 0 Å². The van der Waals surface area contributed by atoms with Gasteiger partial charge in [0.05, 0.1) is 23.4 Å². The molecule has 0 saturated carbocycles. The second-order valence-corrected chi connectivity index (χ2v) is 5.31. The maximum atomic E-state index is 6.07. The Morgan fingerprint density at radius 2 is 2.00 bits per heavy atom. The molecule has 5 heteroatoms. The quantitative estimate of drug-likeness (QED) is 0.795. The number of hydrogen-bond donors (Lipinski definition) is 1. The Labute approximate surface area is 123 Å². The molecule has 0 aliphatic carbocycles. The summed E-state index contributed by atoms with van der Waals surface area (Å²) in [6.45, 7) is 5.95. The Kier molecular flexibility index (Phi) is 3.25. The van der Waals surface area contributed by atoms with Crippen LogP contribution in [0, 0.1) is 6.92 Å². The van der Waals surface area contributed by atoms with Crippen LogP contribution in [0.4, 0.5) is 5.69 Å². The van der Waals surface area contributed by atoms with E-state index in [-0.39, 0.29) is 6.04 Å². The molecular formula is C16H18N4O. The van der Waals surface area contributed by atoms with Crippen molar-refractivity contribution in [3.05, 3.63) is 42.2 Å². The van der Waals surface area contributed by atoms with Crippen LogP contribution in [-0.4, -0.2) is 14.8 Å². The van der Waals surface area contributed by atoms with Gasteiger partial charge in [-0.15, -0.1) is 0 Å². The van der Waals surface area contributed by atoms with Crippen LogP contribution in [0.15, 0.2) is 36.5 Å². The number of hydrogen-bond acceptors (Lipinski definition) is 4. The van der Waals surface area contributed by atoms with Crippen molar-refractivity contribution < 1.29 is 4.74 Å². The summed E-state index contributed by atoms with van der Waals surface area (Å²) >= 11 is 0. The zero-order valence-corrected chi connectivity index (χ0v) is 12.4. The Hall–Kier alpha value is -2.56. The van der Waals surface area contributed by atoms with Gasteiger partial charge >= 0.3 is 0 Å². The summed E-state index contributed by atoms with van der Waals surface area (Å²) in [6, 6.07) is 10.0. The van der Waals surface area contributed by atoms with Crippen molar-refractivity contribution in [2.45, 2.75) is 26.8 Å². The van der Waals surface area contributed by atoms with Crippen molar-refractivity contribution in [1.82, 2.24) is 14.8 Å². The van der Waals surface area contributed by atoms with E-state index in [1.807, 2.05) is 51.1 Å². The number of rotatable bonds is 3. The van der Waals surface area contributed by atoms with Crippen LogP contribution in [0.5, 0.6) is 11.6 Å². The van der Waals surface area contributed by atoms with Gasteiger partial charge in [-0.1, -0.05) is 18.2 Å². The van der Waals surface area contributed by atoms with E-state index in [1.54, 1.807) is 10.9 Å². The molecule has 0 spiro atoms. The largest absolute Gasteiger partial charge is 0.436 e. The number of para-hydroxylation sites is 1. The summed E-state index contributed by atoms with van der Waals surface area (Å²) < 4.78 is 7.74. The molecule has 5 nitrogen and oxygen atoms in total. The molecule has 0 fully saturated rings. The Morgan fingerprint density at radius 3 is 2.76 bits per heavy atom. The number of nitrogens with two attached hydrogens (primary N) is 1. The fraction of sp³-hybridized carbons (Fsp3) is 0.250. The highest BCUT2D eigenvalue weighted by Crippen LogP contribution is 2.32. The third kappa shape index (κ3) is 2.42.